The van der Waals surface area contributed by atoms with Gasteiger partial charge < -0.3 is 5.73 Å². The van der Waals surface area contributed by atoms with Gasteiger partial charge in [-0.05, 0) is 18.2 Å². The van der Waals surface area contributed by atoms with Crippen LogP contribution in [0.2, 0.25) is 0 Å². The van der Waals surface area contributed by atoms with Gasteiger partial charge in [0.15, 0.2) is 14.9 Å². The summed E-state index contributed by atoms with van der Waals surface area (Å²) in [6.45, 7) is 0. The Bertz CT molecular complexity index is 622. The molecule has 0 unspecified atom stereocenters. The molecule has 0 aliphatic rings. The molecule has 0 fully saturated rings. The number of benzene rings is 1. The average molecular weight is 223 g/mol. The van der Waals surface area contributed by atoms with Crippen molar-refractivity contribution in [3.8, 4) is 0 Å². The van der Waals surface area contributed by atoms with Crippen LogP contribution in [0.1, 0.15) is 0 Å². The van der Waals surface area contributed by atoms with E-state index in [0.717, 1.165) is 6.26 Å². The van der Waals surface area contributed by atoms with Crippen LogP contribution in [0.4, 0.5) is 5.69 Å². The zero-order valence-corrected chi connectivity index (χ0v) is 8.82. The van der Waals surface area contributed by atoms with Crippen LogP contribution in [0.15, 0.2) is 29.6 Å². The average Bonchev–Trinajstić information content (AvgIpc) is 2.15. The summed E-state index contributed by atoms with van der Waals surface area (Å²) in [6.07, 6.45) is 2.34. The summed E-state index contributed by atoms with van der Waals surface area (Å²) in [6, 6.07) is 4.90. The fourth-order valence-corrected chi connectivity index (χ4v) is 2.15. The molecule has 0 saturated heterocycles. The minimum absolute atomic E-state index is 0.0137. The molecule has 1 heterocycles. The van der Waals surface area contributed by atoms with E-state index in [-0.39, 0.29) is 5.03 Å². The van der Waals surface area contributed by atoms with E-state index in [4.69, 9.17) is 5.73 Å². The summed E-state index contributed by atoms with van der Waals surface area (Å²) < 4.78 is 22.9. The van der Waals surface area contributed by atoms with Crippen LogP contribution in [0.5, 0.6) is 0 Å². The van der Waals surface area contributed by atoms with Gasteiger partial charge in [-0.2, -0.15) is 0 Å². The van der Waals surface area contributed by atoms with E-state index < -0.39 is 9.84 Å². The van der Waals surface area contributed by atoms with Crippen molar-refractivity contribution in [1.82, 2.24) is 9.97 Å². The van der Waals surface area contributed by atoms with E-state index in [0.29, 0.717) is 16.6 Å². The number of hydrogen-bond donors (Lipinski definition) is 1. The second-order valence-corrected chi connectivity index (χ2v) is 5.16. The Balaban J connectivity index is 2.92. The van der Waals surface area contributed by atoms with Gasteiger partial charge in [0, 0.05) is 17.3 Å². The maximum Gasteiger partial charge on any atom is 0.193 e. The van der Waals surface area contributed by atoms with Crippen molar-refractivity contribution < 1.29 is 8.42 Å². The lowest BCUT2D eigenvalue weighted by atomic mass is 10.2. The summed E-state index contributed by atoms with van der Waals surface area (Å²) in [4.78, 5) is 7.73. The highest BCUT2D eigenvalue weighted by Gasteiger charge is 2.13. The highest BCUT2D eigenvalue weighted by Crippen LogP contribution is 2.20. The maximum absolute atomic E-state index is 11.4. The third-order valence-electron chi connectivity index (χ3n) is 1.97. The molecule has 2 aromatic rings. The quantitative estimate of drug-likeness (QED) is 0.565. The molecule has 0 spiro atoms. The van der Waals surface area contributed by atoms with Gasteiger partial charge >= 0.3 is 0 Å². The Hall–Kier alpha value is -1.69. The van der Waals surface area contributed by atoms with Gasteiger partial charge in [-0.3, -0.25) is 0 Å². The smallest absolute Gasteiger partial charge is 0.193 e. The van der Waals surface area contributed by atoms with Gasteiger partial charge in [0.05, 0.1) is 5.52 Å². The van der Waals surface area contributed by atoms with Crippen LogP contribution >= 0.6 is 0 Å². The molecular weight excluding hydrogens is 214 g/mol. The lowest BCUT2D eigenvalue weighted by Crippen LogP contribution is -2.02. The lowest BCUT2D eigenvalue weighted by Gasteiger charge is -2.03. The lowest BCUT2D eigenvalue weighted by molar-refractivity contribution is 0.599. The van der Waals surface area contributed by atoms with Crippen LogP contribution in [-0.2, 0) is 9.84 Å². The molecule has 0 aliphatic carbocycles. The van der Waals surface area contributed by atoms with Gasteiger partial charge in [0.1, 0.15) is 6.33 Å². The van der Waals surface area contributed by atoms with Crippen LogP contribution in [0.25, 0.3) is 10.9 Å². The van der Waals surface area contributed by atoms with Crippen LogP contribution in [-0.4, -0.2) is 24.6 Å². The van der Waals surface area contributed by atoms with Crippen molar-refractivity contribution in [1.29, 1.82) is 0 Å². The number of sulfone groups is 1. The molecule has 0 amide bonds. The second kappa shape index (κ2) is 3.16. The van der Waals surface area contributed by atoms with E-state index in [1.807, 2.05) is 0 Å². The number of fused-ring (bicyclic) bond motifs is 1. The first kappa shape index (κ1) is 9.85. The first-order valence-electron chi connectivity index (χ1n) is 4.19. The largest absolute Gasteiger partial charge is 0.399 e. The van der Waals surface area contributed by atoms with Crippen molar-refractivity contribution in [3.05, 3.63) is 24.5 Å². The molecule has 78 valence electrons. The molecule has 0 bridgehead atoms. The fourth-order valence-electron chi connectivity index (χ4n) is 1.35. The Morgan fingerprint density at radius 2 is 2.00 bits per heavy atom. The Morgan fingerprint density at radius 1 is 1.27 bits per heavy atom. The first-order valence-corrected chi connectivity index (χ1v) is 6.08. The van der Waals surface area contributed by atoms with Crippen molar-refractivity contribution in [2.75, 3.05) is 12.0 Å². The molecule has 0 aliphatic heterocycles. The minimum atomic E-state index is -3.35. The van der Waals surface area contributed by atoms with Gasteiger partial charge in [-0.1, -0.05) is 0 Å². The predicted molar refractivity (Wildman–Crippen MR) is 57.1 cm³/mol. The van der Waals surface area contributed by atoms with Crippen molar-refractivity contribution in [2.45, 2.75) is 5.03 Å². The highest BCUT2D eigenvalue weighted by molar-refractivity contribution is 7.90. The highest BCUT2D eigenvalue weighted by atomic mass is 32.2. The van der Waals surface area contributed by atoms with E-state index in [2.05, 4.69) is 9.97 Å². The number of hydrogen-bond acceptors (Lipinski definition) is 5. The Labute approximate surface area is 86.9 Å². The van der Waals surface area contributed by atoms with E-state index in [9.17, 15) is 8.42 Å². The molecule has 1 aromatic carbocycles. The topological polar surface area (TPSA) is 85.9 Å². The molecule has 2 N–H and O–H groups in total. The van der Waals surface area contributed by atoms with E-state index in [1.54, 1.807) is 18.2 Å². The van der Waals surface area contributed by atoms with Crippen LogP contribution in [0.3, 0.4) is 0 Å². The van der Waals surface area contributed by atoms with E-state index in [1.165, 1.54) is 6.33 Å². The third-order valence-corrected chi connectivity index (χ3v) is 3.00. The number of rotatable bonds is 1. The summed E-state index contributed by atoms with van der Waals surface area (Å²) in [7, 11) is -3.35. The number of aromatic nitrogens is 2. The fraction of sp³-hybridized carbons (Fsp3) is 0.111. The molecule has 0 radical (unpaired) electrons. The molecule has 1 aromatic heterocycles. The van der Waals surface area contributed by atoms with Crippen molar-refractivity contribution in [3.63, 3.8) is 0 Å². The Morgan fingerprint density at radius 3 is 2.67 bits per heavy atom. The monoisotopic (exact) mass is 223 g/mol. The Kier molecular flexibility index (Phi) is 2.08. The minimum Gasteiger partial charge on any atom is -0.399 e. The zero-order chi connectivity index (χ0) is 11.1. The van der Waals surface area contributed by atoms with Crippen molar-refractivity contribution >= 4 is 26.4 Å². The summed E-state index contributed by atoms with van der Waals surface area (Å²) in [5.74, 6) is 0. The van der Waals surface area contributed by atoms with Gasteiger partial charge in [0.2, 0.25) is 0 Å². The van der Waals surface area contributed by atoms with Crippen molar-refractivity contribution in [2.24, 2.45) is 0 Å². The normalized spacial score (nSPS) is 11.8. The molecule has 2 rings (SSSR count). The molecule has 15 heavy (non-hydrogen) atoms. The second-order valence-electron chi connectivity index (χ2n) is 3.23. The molecule has 5 nitrogen and oxygen atoms in total. The first-order chi connectivity index (χ1) is 6.98. The SMILES string of the molecule is CS(=O)(=O)c1ncnc2ccc(N)cc12. The standard InChI is InChI=1S/C9H9N3O2S/c1-15(13,14)9-7-4-6(10)2-3-8(7)11-5-12-9/h2-5H,10H2,1H3. The summed E-state index contributed by atoms with van der Waals surface area (Å²) >= 11 is 0. The van der Waals surface area contributed by atoms with Crippen LogP contribution in [0, 0.1) is 0 Å². The van der Waals surface area contributed by atoms with Crippen LogP contribution < -0.4 is 5.73 Å². The number of anilines is 1. The number of nitrogens with two attached hydrogens (primary N) is 1. The molecular formula is C9H9N3O2S. The molecule has 0 saturated carbocycles. The predicted octanol–water partition coefficient (Wildman–Crippen LogP) is 0.616. The third kappa shape index (κ3) is 1.75. The zero-order valence-electron chi connectivity index (χ0n) is 8.01. The van der Waals surface area contributed by atoms with Gasteiger partial charge in [0.25, 0.3) is 0 Å². The van der Waals surface area contributed by atoms with E-state index >= 15 is 0 Å². The molecule has 6 heteroatoms. The number of nitrogens with zero attached hydrogens (tertiary/aromatic N) is 2. The summed E-state index contributed by atoms with van der Waals surface area (Å²) in [5, 5.41) is 0.472. The van der Waals surface area contributed by atoms with Gasteiger partial charge in [-0.15, -0.1) is 0 Å². The number of nitrogen functional groups attached to an aromatic ring is 1. The summed E-state index contributed by atoms with van der Waals surface area (Å²) in [5.41, 5.74) is 6.64. The van der Waals surface area contributed by atoms with Gasteiger partial charge in [-0.25, -0.2) is 18.4 Å². The maximum atomic E-state index is 11.4. The molecule has 0 atom stereocenters.